The van der Waals surface area contributed by atoms with Crippen LogP contribution in [0.25, 0.3) is 21.3 Å². The molecule has 1 amide bonds. The van der Waals surface area contributed by atoms with Crippen LogP contribution in [0.1, 0.15) is 18.4 Å². The Hall–Kier alpha value is -3.85. The normalized spacial score (nSPS) is 17.0. The zero-order valence-electron chi connectivity index (χ0n) is 19.0. The highest BCUT2D eigenvalue weighted by Crippen LogP contribution is 2.33. The molecule has 1 saturated heterocycles. The number of H-pyrrole nitrogens is 1. The summed E-state index contributed by atoms with van der Waals surface area (Å²) >= 11 is 1.40. The van der Waals surface area contributed by atoms with E-state index in [9.17, 15) is 9.59 Å². The van der Waals surface area contributed by atoms with Gasteiger partial charge < -0.3 is 19.7 Å². The van der Waals surface area contributed by atoms with E-state index >= 15 is 0 Å². The van der Waals surface area contributed by atoms with E-state index in [0.29, 0.717) is 35.0 Å². The fraction of sp³-hybridized carbons (Fsp3) is 0.269. The van der Waals surface area contributed by atoms with Crippen LogP contribution in [0.5, 0.6) is 11.5 Å². The van der Waals surface area contributed by atoms with Crippen molar-refractivity contribution in [3.8, 4) is 22.6 Å². The second-order valence-electron chi connectivity index (χ2n) is 8.77. The number of rotatable bonds is 5. The van der Waals surface area contributed by atoms with Crippen molar-refractivity contribution in [1.82, 2.24) is 15.3 Å². The average molecular weight is 489 g/mol. The minimum absolute atomic E-state index is 0.00343. The number of hydrogen-bond acceptors (Lipinski definition) is 7. The minimum atomic E-state index is -0.185. The molecule has 4 aromatic rings. The molecule has 0 unspecified atom stereocenters. The van der Waals surface area contributed by atoms with Crippen LogP contribution < -0.4 is 25.2 Å². The number of piperidine rings is 1. The first-order valence-electron chi connectivity index (χ1n) is 11.6. The molecule has 0 saturated carbocycles. The third kappa shape index (κ3) is 4.23. The summed E-state index contributed by atoms with van der Waals surface area (Å²) in [7, 11) is 0. The lowest BCUT2D eigenvalue weighted by Gasteiger charge is -2.32. The number of carbonyl (C=O) groups excluding carboxylic acids is 1. The molecule has 2 N–H and O–H groups in total. The van der Waals surface area contributed by atoms with Gasteiger partial charge in [-0.25, -0.2) is 4.98 Å². The number of aromatic nitrogens is 2. The number of hydrogen-bond donors (Lipinski definition) is 2. The fourth-order valence-electron chi connectivity index (χ4n) is 4.66. The van der Waals surface area contributed by atoms with Gasteiger partial charge in [0.2, 0.25) is 18.6 Å². The van der Waals surface area contributed by atoms with Crippen molar-refractivity contribution in [3.05, 3.63) is 69.8 Å². The van der Waals surface area contributed by atoms with Crippen LogP contribution >= 0.6 is 11.3 Å². The number of thiophene rings is 1. The van der Waals surface area contributed by atoms with Crippen molar-refractivity contribution >= 4 is 33.4 Å². The summed E-state index contributed by atoms with van der Waals surface area (Å²) in [4.78, 5) is 35.6. The molecule has 2 aliphatic heterocycles. The second-order valence-corrected chi connectivity index (χ2v) is 9.65. The molecule has 0 aliphatic carbocycles. The molecule has 8 nitrogen and oxygen atoms in total. The molecule has 35 heavy (non-hydrogen) atoms. The Morgan fingerprint density at radius 2 is 2.03 bits per heavy atom. The highest BCUT2D eigenvalue weighted by molar-refractivity contribution is 7.17. The summed E-state index contributed by atoms with van der Waals surface area (Å²) in [6, 6.07) is 15.6. The number of benzene rings is 2. The van der Waals surface area contributed by atoms with Gasteiger partial charge in [-0.1, -0.05) is 36.4 Å². The van der Waals surface area contributed by atoms with E-state index in [1.165, 1.54) is 11.3 Å². The van der Waals surface area contributed by atoms with E-state index < -0.39 is 0 Å². The SMILES string of the molecule is O=C(NCc1ccc2c(c1)OCO2)[C@@H]1CCCN(c2nc3c(-c4ccccc4)csc3c(=O)[nH]2)C1. The number of anilines is 1. The van der Waals surface area contributed by atoms with Crippen molar-refractivity contribution in [2.24, 2.45) is 5.92 Å². The van der Waals surface area contributed by atoms with Crippen molar-refractivity contribution in [1.29, 1.82) is 0 Å². The van der Waals surface area contributed by atoms with Gasteiger partial charge in [0.15, 0.2) is 11.5 Å². The van der Waals surface area contributed by atoms with Crippen molar-refractivity contribution in [2.75, 3.05) is 24.8 Å². The summed E-state index contributed by atoms with van der Waals surface area (Å²) in [6.45, 7) is 1.89. The van der Waals surface area contributed by atoms with Crippen LogP contribution in [0, 0.1) is 5.92 Å². The predicted molar refractivity (Wildman–Crippen MR) is 135 cm³/mol. The molecule has 0 spiro atoms. The zero-order valence-corrected chi connectivity index (χ0v) is 19.8. The number of ether oxygens (including phenoxy) is 2. The van der Waals surface area contributed by atoms with E-state index in [1.807, 2.05) is 58.8 Å². The van der Waals surface area contributed by atoms with Gasteiger partial charge in [-0.2, -0.15) is 0 Å². The van der Waals surface area contributed by atoms with Gasteiger partial charge in [0.25, 0.3) is 5.56 Å². The quantitative estimate of drug-likeness (QED) is 0.442. The Kier molecular flexibility index (Phi) is 5.61. The number of fused-ring (bicyclic) bond motifs is 2. The van der Waals surface area contributed by atoms with Gasteiger partial charge in [0.05, 0.1) is 11.4 Å². The maximum Gasteiger partial charge on any atom is 0.270 e. The molecule has 4 heterocycles. The molecule has 6 rings (SSSR count). The predicted octanol–water partition coefficient (Wildman–Crippen LogP) is 3.91. The summed E-state index contributed by atoms with van der Waals surface area (Å²) in [6.07, 6.45) is 1.64. The van der Waals surface area contributed by atoms with Crippen molar-refractivity contribution in [2.45, 2.75) is 19.4 Å². The molecule has 9 heteroatoms. The average Bonchev–Trinajstić information content (AvgIpc) is 3.55. The second kappa shape index (κ2) is 9.07. The third-order valence-corrected chi connectivity index (χ3v) is 7.46. The number of nitrogens with one attached hydrogen (secondary N) is 2. The molecular weight excluding hydrogens is 464 g/mol. The van der Waals surface area contributed by atoms with E-state index in [2.05, 4.69) is 10.3 Å². The smallest absolute Gasteiger partial charge is 0.270 e. The van der Waals surface area contributed by atoms with Crippen LogP contribution in [0.3, 0.4) is 0 Å². The molecule has 2 aromatic heterocycles. The van der Waals surface area contributed by atoms with Gasteiger partial charge in [0.1, 0.15) is 4.70 Å². The van der Waals surface area contributed by atoms with E-state index in [1.54, 1.807) is 0 Å². The van der Waals surface area contributed by atoms with E-state index in [-0.39, 0.29) is 24.2 Å². The van der Waals surface area contributed by atoms with Gasteiger partial charge in [-0.3, -0.25) is 14.6 Å². The lowest BCUT2D eigenvalue weighted by molar-refractivity contribution is -0.125. The largest absolute Gasteiger partial charge is 0.454 e. The molecule has 1 atom stereocenters. The first kappa shape index (κ1) is 21.7. The van der Waals surface area contributed by atoms with Gasteiger partial charge >= 0.3 is 0 Å². The van der Waals surface area contributed by atoms with Crippen LogP contribution in [-0.2, 0) is 11.3 Å². The molecular formula is C26H24N4O4S. The van der Waals surface area contributed by atoms with Crippen LogP contribution in [0.2, 0.25) is 0 Å². The Balaban J connectivity index is 1.18. The van der Waals surface area contributed by atoms with Crippen LogP contribution in [-0.4, -0.2) is 35.8 Å². The highest BCUT2D eigenvalue weighted by atomic mass is 32.1. The van der Waals surface area contributed by atoms with Gasteiger partial charge in [-0.15, -0.1) is 11.3 Å². The Morgan fingerprint density at radius 1 is 1.17 bits per heavy atom. The number of amides is 1. The van der Waals surface area contributed by atoms with E-state index in [0.717, 1.165) is 41.8 Å². The standard InChI is InChI=1S/C26H24N4O4S/c31-24(27-12-16-8-9-20-21(11-16)34-15-33-20)18-7-4-10-30(13-18)26-28-22-19(17-5-2-1-3-6-17)14-35-23(22)25(32)29-26/h1-3,5-6,8-9,11,14,18H,4,7,10,12-13,15H2,(H,27,31)(H,28,29,32)/t18-/m1/s1. The molecule has 1 fully saturated rings. The van der Waals surface area contributed by atoms with Crippen molar-refractivity contribution in [3.63, 3.8) is 0 Å². The Labute approximate surface area is 205 Å². The lowest BCUT2D eigenvalue weighted by Crippen LogP contribution is -2.44. The Bertz CT molecular complexity index is 1450. The molecule has 0 radical (unpaired) electrons. The first-order chi connectivity index (χ1) is 17.2. The lowest BCUT2D eigenvalue weighted by atomic mass is 9.97. The number of carbonyl (C=O) groups is 1. The molecule has 178 valence electrons. The zero-order chi connectivity index (χ0) is 23.8. The monoisotopic (exact) mass is 488 g/mol. The summed E-state index contributed by atoms with van der Waals surface area (Å²) in [5.41, 5.74) is 3.49. The molecule has 2 aromatic carbocycles. The van der Waals surface area contributed by atoms with Gasteiger partial charge in [0, 0.05) is 30.6 Å². The Morgan fingerprint density at radius 3 is 2.91 bits per heavy atom. The summed E-state index contributed by atoms with van der Waals surface area (Å²) < 4.78 is 11.4. The summed E-state index contributed by atoms with van der Waals surface area (Å²) in [5, 5.41) is 5.03. The van der Waals surface area contributed by atoms with Crippen LogP contribution in [0.15, 0.2) is 58.7 Å². The number of nitrogens with zero attached hydrogens (tertiary/aromatic N) is 2. The number of aromatic amines is 1. The summed E-state index contributed by atoms with van der Waals surface area (Å²) in [5.74, 6) is 1.76. The maximum atomic E-state index is 13.0. The molecule has 0 bridgehead atoms. The van der Waals surface area contributed by atoms with Crippen molar-refractivity contribution < 1.29 is 14.3 Å². The first-order valence-corrected chi connectivity index (χ1v) is 12.5. The van der Waals surface area contributed by atoms with Gasteiger partial charge in [-0.05, 0) is 36.1 Å². The maximum absolute atomic E-state index is 13.0. The van der Waals surface area contributed by atoms with Crippen LogP contribution in [0.4, 0.5) is 5.95 Å². The highest BCUT2D eigenvalue weighted by Gasteiger charge is 2.28. The minimum Gasteiger partial charge on any atom is -0.454 e. The fourth-order valence-corrected chi connectivity index (χ4v) is 5.56. The molecule has 2 aliphatic rings. The van der Waals surface area contributed by atoms with E-state index in [4.69, 9.17) is 14.5 Å². The third-order valence-electron chi connectivity index (χ3n) is 6.49. The topological polar surface area (TPSA) is 96.6 Å².